The van der Waals surface area contributed by atoms with Crippen LogP contribution in [0.4, 0.5) is 0 Å². The van der Waals surface area contributed by atoms with Gasteiger partial charge in [-0.05, 0) is 42.3 Å². The Kier molecular flexibility index (Phi) is 3.97. The fourth-order valence-corrected chi connectivity index (χ4v) is 1.69. The smallest absolute Gasteiger partial charge is 0.119 e. The summed E-state index contributed by atoms with van der Waals surface area (Å²) < 4.78 is 5.67. The van der Waals surface area contributed by atoms with E-state index in [9.17, 15) is 0 Å². The van der Waals surface area contributed by atoms with Crippen LogP contribution in [0.3, 0.4) is 0 Å². The molecular weight excluding hydrogens is 226 g/mol. The van der Waals surface area contributed by atoms with Gasteiger partial charge < -0.3 is 9.94 Å². The molecule has 0 aliphatic carbocycles. The third kappa shape index (κ3) is 3.35. The molecule has 0 radical (unpaired) electrons. The van der Waals surface area contributed by atoms with Crippen molar-refractivity contribution in [2.45, 2.75) is 13.5 Å². The summed E-state index contributed by atoms with van der Waals surface area (Å²) in [7, 11) is 0. The third-order valence-electron chi connectivity index (χ3n) is 2.57. The minimum atomic E-state index is 0.551. The first-order chi connectivity index (χ1) is 8.78. The van der Waals surface area contributed by atoms with E-state index in [1.54, 1.807) is 0 Å². The summed E-state index contributed by atoms with van der Waals surface area (Å²) in [4.78, 5) is 0. The first-order valence-electron chi connectivity index (χ1n) is 5.74. The van der Waals surface area contributed by atoms with Crippen LogP contribution in [0.2, 0.25) is 0 Å². The van der Waals surface area contributed by atoms with E-state index in [1.165, 1.54) is 11.8 Å². The Morgan fingerprint density at radius 2 is 1.94 bits per heavy atom. The molecule has 0 unspecified atom stereocenters. The minimum Gasteiger partial charge on any atom is -0.489 e. The van der Waals surface area contributed by atoms with Crippen LogP contribution in [0.15, 0.2) is 53.7 Å². The normalized spacial score (nSPS) is 10.7. The van der Waals surface area contributed by atoms with Gasteiger partial charge in [0.1, 0.15) is 12.4 Å². The molecule has 2 aromatic rings. The maximum atomic E-state index is 8.41. The van der Waals surface area contributed by atoms with Crippen molar-refractivity contribution in [2.24, 2.45) is 5.16 Å². The van der Waals surface area contributed by atoms with Crippen molar-refractivity contribution >= 4 is 6.21 Å². The van der Waals surface area contributed by atoms with Crippen molar-refractivity contribution < 1.29 is 9.94 Å². The fourth-order valence-electron chi connectivity index (χ4n) is 1.69. The van der Waals surface area contributed by atoms with Gasteiger partial charge in [0.15, 0.2) is 0 Å². The van der Waals surface area contributed by atoms with Crippen LogP contribution in [-0.2, 0) is 6.61 Å². The van der Waals surface area contributed by atoms with E-state index in [1.807, 2.05) is 36.4 Å². The topological polar surface area (TPSA) is 41.8 Å². The van der Waals surface area contributed by atoms with Crippen LogP contribution in [0.25, 0.3) is 0 Å². The standard InChI is InChI=1S/C15H15NO2/c1-12-3-2-4-14(9-12)11-18-15-7-5-13(6-8-15)10-16-17/h2-10,17H,11H2,1H3/b16-10-. The fraction of sp³-hybridized carbons (Fsp3) is 0.133. The maximum Gasteiger partial charge on any atom is 0.119 e. The molecule has 0 aromatic heterocycles. The first kappa shape index (κ1) is 12.2. The highest BCUT2D eigenvalue weighted by Gasteiger charge is 1.96. The van der Waals surface area contributed by atoms with E-state index in [4.69, 9.17) is 9.94 Å². The number of ether oxygens (including phenoxy) is 1. The molecule has 0 atom stereocenters. The lowest BCUT2D eigenvalue weighted by Crippen LogP contribution is -1.95. The quantitative estimate of drug-likeness (QED) is 0.506. The Hall–Kier alpha value is -2.29. The van der Waals surface area contributed by atoms with Crippen molar-refractivity contribution in [1.29, 1.82) is 0 Å². The molecule has 0 saturated carbocycles. The molecule has 3 nitrogen and oxygen atoms in total. The monoisotopic (exact) mass is 241 g/mol. The van der Waals surface area contributed by atoms with Crippen LogP contribution in [0, 0.1) is 6.92 Å². The summed E-state index contributed by atoms with van der Waals surface area (Å²) in [5, 5.41) is 11.4. The van der Waals surface area contributed by atoms with Crippen molar-refractivity contribution in [2.75, 3.05) is 0 Å². The van der Waals surface area contributed by atoms with Gasteiger partial charge in [0, 0.05) is 0 Å². The molecule has 18 heavy (non-hydrogen) atoms. The zero-order valence-corrected chi connectivity index (χ0v) is 10.2. The number of hydrogen-bond acceptors (Lipinski definition) is 3. The SMILES string of the molecule is Cc1cccc(COc2ccc(/C=N\O)cc2)c1. The molecule has 2 aromatic carbocycles. The van der Waals surface area contributed by atoms with Gasteiger partial charge in [0.25, 0.3) is 0 Å². The second-order valence-corrected chi connectivity index (χ2v) is 4.09. The lowest BCUT2D eigenvalue weighted by atomic mass is 10.1. The maximum absolute atomic E-state index is 8.41. The van der Waals surface area contributed by atoms with Crippen LogP contribution in [0.5, 0.6) is 5.75 Å². The highest BCUT2D eigenvalue weighted by Crippen LogP contribution is 2.14. The van der Waals surface area contributed by atoms with Gasteiger partial charge in [-0.2, -0.15) is 0 Å². The van der Waals surface area contributed by atoms with Crippen molar-refractivity contribution in [3.63, 3.8) is 0 Å². The number of nitrogens with zero attached hydrogens (tertiary/aromatic N) is 1. The lowest BCUT2D eigenvalue weighted by Gasteiger charge is -2.07. The van der Waals surface area contributed by atoms with Gasteiger partial charge in [0.2, 0.25) is 0 Å². The number of hydrogen-bond donors (Lipinski definition) is 1. The molecule has 0 aliphatic heterocycles. The molecular formula is C15H15NO2. The van der Waals surface area contributed by atoms with Gasteiger partial charge in [-0.15, -0.1) is 0 Å². The molecule has 0 fully saturated rings. The van der Waals surface area contributed by atoms with Gasteiger partial charge in [-0.3, -0.25) is 0 Å². The molecule has 0 heterocycles. The third-order valence-corrected chi connectivity index (χ3v) is 2.57. The Morgan fingerprint density at radius 1 is 1.17 bits per heavy atom. The molecule has 0 saturated heterocycles. The van der Waals surface area contributed by atoms with Gasteiger partial charge in [0.05, 0.1) is 6.21 Å². The summed E-state index contributed by atoms with van der Waals surface area (Å²) >= 11 is 0. The predicted molar refractivity (Wildman–Crippen MR) is 71.3 cm³/mol. The predicted octanol–water partition coefficient (Wildman–Crippen LogP) is 3.38. The van der Waals surface area contributed by atoms with E-state index >= 15 is 0 Å². The summed E-state index contributed by atoms with van der Waals surface area (Å²) in [6.07, 6.45) is 1.38. The van der Waals surface area contributed by atoms with E-state index in [0.29, 0.717) is 6.61 Å². The Labute approximate surface area is 106 Å². The average molecular weight is 241 g/mol. The van der Waals surface area contributed by atoms with E-state index < -0.39 is 0 Å². The molecule has 3 heteroatoms. The zero-order chi connectivity index (χ0) is 12.8. The first-order valence-corrected chi connectivity index (χ1v) is 5.74. The van der Waals surface area contributed by atoms with Crippen molar-refractivity contribution in [1.82, 2.24) is 0 Å². The molecule has 0 bridgehead atoms. The molecule has 0 amide bonds. The van der Waals surface area contributed by atoms with Crippen LogP contribution < -0.4 is 4.74 Å². The number of aryl methyl sites for hydroxylation is 1. The summed E-state index contributed by atoms with van der Waals surface area (Å²) in [6.45, 7) is 2.61. The summed E-state index contributed by atoms with van der Waals surface area (Å²) in [5.41, 5.74) is 3.21. The van der Waals surface area contributed by atoms with Crippen LogP contribution in [-0.4, -0.2) is 11.4 Å². The largest absolute Gasteiger partial charge is 0.489 e. The molecule has 92 valence electrons. The van der Waals surface area contributed by atoms with Gasteiger partial charge in [-0.1, -0.05) is 35.0 Å². The lowest BCUT2D eigenvalue weighted by molar-refractivity contribution is 0.306. The summed E-state index contributed by atoms with van der Waals surface area (Å²) in [5.74, 6) is 0.798. The minimum absolute atomic E-state index is 0.551. The number of benzene rings is 2. The van der Waals surface area contributed by atoms with E-state index in [-0.39, 0.29) is 0 Å². The molecule has 1 N–H and O–H groups in total. The summed E-state index contributed by atoms with van der Waals surface area (Å²) in [6, 6.07) is 15.6. The van der Waals surface area contributed by atoms with Crippen LogP contribution in [0.1, 0.15) is 16.7 Å². The highest BCUT2D eigenvalue weighted by molar-refractivity contribution is 5.79. The Bertz CT molecular complexity index is 532. The van der Waals surface area contributed by atoms with Gasteiger partial charge in [-0.25, -0.2) is 0 Å². The second kappa shape index (κ2) is 5.87. The average Bonchev–Trinajstić information content (AvgIpc) is 2.38. The van der Waals surface area contributed by atoms with Crippen LogP contribution >= 0.6 is 0 Å². The van der Waals surface area contributed by atoms with E-state index in [0.717, 1.165) is 16.9 Å². The van der Waals surface area contributed by atoms with Crippen molar-refractivity contribution in [3.05, 3.63) is 65.2 Å². The highest BCUT2D eigenvalue weighted by atomic mass is 16.5. The second-order valence-electron chi connectivity index (χ2n) is 4.09. The zero-order valence-electron chi connectivity index (χ0n) is 10.2. The number of rotatable bonds is 4. The van der Waals surface area contributed by atoms with Crippen molar-refractivity contribution in [3.8, 4) is 5.75 Å². The Balaban J connectivity index is 1.98. The molecule has 2 rings (SSSR count). The molecule has 0 spiro atoms. The van der Waals surface area contributed by atoms with E-state index in [2.05, 4.69) is 24.2 Å². The molecule has 0 aliphatic rings. The number of oxime groups is 1. The van der Waals surface area contributed by atoms with Gasteiger partial charge >= 0.3 is 0 Å². The Morgan fingerprint density at radius 3 is 2.61 bits per heavy atom.